The average Bonchev–Trinajstić information content (AvgIpc) is 3.00. The van der Waals surface area contributed by atoms with Gasteiger partial charge in [0, 0.05) is 37.8 Å². The Hall–Kier alpha value is -2.22. The lowest BCUT2D eigenvalue weighted by Crippen LogP contribution is -2.39. The van der Waals surface area contributed by atoms with E-state index in [1.165, 1.54) is 12.1 Å². The van der Waals surface area contributed by atoms with Crippen molar-refractivity contribution in [2.75, 3.05) is 19.3 Å². The summed E-state index contributed by atoms with van der Waals surface area (Å²) in [6, 6.07) is 6.04. The Bertz CT molecular complexity index is 842. The highest BCUT2D eigenvalue weighted by atomic mass is 32.2. The Labute approximate surface area is 140 Å². The van der Waals surface area contributed by atoms with Crippen LogP contribution in [0.15, 0.2) is 33.7 Å². The fourth-order valence-corrected chi connectivity index (χ4v) is 3.51. The largest absolute Gasteiger partial charge is 0.340 e. The first-order chi connectivity index (χ1) is 11.3. The highest BCUT2D eigenvalue weighted by molar-refractivity contribution is 7.90. The molecule has 0 N–H and O–H groups in total. The maximum absolute atomic E-state index is 12.7. The van der Waals surface area contributed by atoms with Gasteiger partial charge in [-0.25, -0.2) is 8.42 Å². The lowest BCUT2D eigenvalue weighted by molar-refractivity contribution is 0.0703. The van der Waals surface area contributed by atoms with E-state index in [0.29, 0.717) is 30.4 Å². The number of rotatable bonds is 3. The minimum Gasteiger partial charge on any atom is -0.340 e. The molecule has 1 amide bonds. The van der Waals surface area contributed by atoms with Crippen LogP contribution in [-0.4, -0.2) is 48.7 Å². The monoisotopic (exact) mass is 349 g/mol. The summed E-state index contributed by atoms with van der Waals surface area (Å²) < 4.78 is 28.0. The number of carbonyl (C=O) groups excluding carboxylic acids is 1. The minimum atomic E-state index is -3.26. The standard InChI is InChI=1S/C16H19N3O4S/c1-11-17-15(18-23-11)13-4-3-9-19(10-13)16(20)12-5-7-14(8-6-12)24(2,21)22/h5-8,13H,3-4,9-10H2,1-2H3. The summed E-state index contributed by atoms with van der Waals surface area (Å²) in [6.45, 7) is 2.94. The van der Waals surface area contributed by atoms with E-state index in [0.717, 1.165) is 19.1 Å². The lowest BCUT2D eigenvalue weighted by Gasteiger charge is -2.31. The van der Waals surface area contributed by atoms with Gasteiger partial charge in [0.25, 0.3) is 5.91 Å². The van der Waals surface area contributed by atoms with E-state index < -0.39 is 9.84 Å². The molecule has 1 unspecified atom stereocenters. The van der Waals surface area contributed by atoms with Gasteiger partial charge in [-0.3, -0.25) is 4.79 Å². The number of amides is 1. The van der Waals surface area contributed by atoms with Gasteiger partial charge in [0.05, 0.1) is 4.90 Å². The Kier molecular flexibility index (Phi) is 4.40. The molecule has 0 radical (unpaired) electrons. The van der Waals surface area contributed by atoms with Gasteiger partial charge in [0.1, 0.15) is 0 Å². The molecular formula is C16H19N3O4S. The van der Waals surface area contributed by atoms with Gasteiger partial charge in [0.2, 0.25) is 5.89 Å². The van der Waals surface area contributed by atoms with Crippen molar-refractivity contribution in [2.24, 2.45) is 0 Å². The number of aromatic nitrogens is 2. The normalized spacial score (nSPS) is 18.6. The van der Waals surface area contributed by atoms with Crippen molar-refractivity contribution < 1.29 is 17.7 Å². The molecule has 8 heteroatoms. The van der Waals surface area contributed by atoms with Crippen molar-refractivity contribution in [2.45, 2.75) is 30.6 Å². The first-order valence-corrected chi connectivity index (χ1v) is 9.63. The molecule has 7 nitrogen and oxygen atoms in total. The van der Waals surface area contributed by atoms with E-state index >= 15 is 0 Å². The molecule has 1 fully saturated rings. The van der Waals surface area contributed by atoms with Gasteiger partial charge in [-0.2, -0.15) is 4.98 Å². The van der Waals surface area contributed by atoms with E-state index in [-0.39, 0.29) is 16.7 Å². The third-order valence-corrected chi connectivity index (χ3v) is 5.27. The summed E-state index contributed by atoms with van der Waals surface area (Å²) >= 11 is 0. The van der Waals surface area contributed by atoms with Gasteiger partial charge >= 0.3 is 0 Å². The van der Waals surface area contributed by atoms with Crippen LogP contribution >= 0.6 is 0 Å². The van der Waals surface area contributed by atoms with E-state index in [1.54, 1.807) is 24.0 Å². The molecule has 2 aromatic rings. The zero-order valence-corrected chi connectivity index (χ0v) is 14.4. The molecule has 1 atom stereocenters. The summed E-state index contributed by atoms with van der Waals surface area (Å²) in [4.78, 5) is 18.9. The summed E-state index contributed by atoms with van der Waals surface area (Å²) in [5.41, 5.74) is 0.479. The zero-order chi connectivity index (χ0) is 17.3. The summed E-state index contributed by atoms with van der Waals surface area (Å²) in [6.07, 6.45) is 2.92. The highest BCUT2D eigenvalue weighted by Crippen LogP contribution is 2.26. The Morgan fingerprint density at radius 1 is 1.29 bits per heavy atom. The number of benzene rings is 1. The molecule has 0 saturated carbocycles. The number of likely N-dealkylation sites (tertiary alicyclic amines) is 1. The second kappa shape index (κ2) is 6.35. The number of hydrogen-bond donors (Lipinski definition) is 0. The molecule has 1 saturated heterocycles. The topological polar surface area (TPSA) is 93.4 Å². The van der Waals surface area contributed by atoms with Crippen LogP contribution in [-0.2, 0) is 9.84 Å². The van der Waals surface area contributed by atoms with Crippen LogP contribution in [0.25, 0.3) is 0 Å². The Morgan fingerprint density at radius 3 is 2.58 bits per heavy atom. The second-order valence-electron chi connectivity index (χ2n) is 6.06. The van der Waals surface area contributed by atoms with Crippen LogP contribution in [0.4, 0.5) is 0 Å². The van der Waals surface area contributed by atoms with Gasteiger partial charge in [-0.1, -0.05) is 5.16 Å². The number of hydrogen-bond acceptors (Lipinski definition) is 6. The quantitative estimate of drug-likeness (QED) is 0.839. The molecule has 0 aliphatic carbocycles. The second-order valence-corrected chi connectivity index (χ2v) is 8.07. The first-order valence-electron chi connectivity index (χ1n) is 7.74. The number of sulfone groups is 1. The smallest absolute Gasteiger partial charge is 0.253 e. The number of carbonyl (C=O) groups is 1. The maximum atomic E-state index is 12.7. The van der Waals surface area contributed by atoms with Crippen LogP contribution in [0.3, 0.4) is 0 Å². The lowest BCUT2D eigenvalue weighted by atomic mass is 9.96. The van der Waals surface area contributed by atoms with Crippen molar-refractivity contribution in [1.82, 2.24) is 15.0 Å². The fourth-order valence-electron chi connectivity index (χ4n) is 2.88. The van der Waals surface area contributed by atoms with Gasteiger partial charge < -0.3 is 9.42 Å². The number of piperidine rings is 1. The summed E-state index contributed by atoms with van der Waals surface area (Å²) in [7, 11) is -3.26. The van der Waals surface area contributed by atoms with Gasteiger partial charge in [-0.05, 0) is 37.1 Å². The minimum absolute atomic E-state index is 0.0652. The fraction of sp³-hybridized carbons (Fsp3) is 0.438. The van der Waals surface area contributed by atoms with E-state index in [2.05, 4.69) is 10.1 Å². The van der Waals surface area contributed by atoms with E-state index in [1.807, 2.05) is 0 Å². The molecule has 1 aliphatic rings. The molecule has 1 aromatic carbocycles. The number of aryl methyl sites for hydroxylation is 1. The molecule has 24 heavy (non-hydrogen) atoms. The average molecular weight is 349 g/mol. The van der Waals surface area contributed by atoms with Crippen molar-refractivity contribution >= 4 is 15.7 Å². The van der Waals surface area contributed by atoms with Crippen LogP contribution in [0.1, 0.15) is 40.8 Å². The maximum Gasteiger partial charge on any atom is 0.253 e. The van der Waals surface area contributed by atoms with Crippen molar-refractivity contribution in [1.29, 1.82) is 0 Å². The van der Waals surface area contributed by atoms with Crippen LogP contribution < -0.4 is 0 Å². The van der Waals surface area contributed by atoms with Crippen molar-refractivity contribution in [3.63, 3.8) is 0 Å². The summed E-state index contributed by atoms with van der Waals surface area (Å²) in [5.74, 6) is 1.11. The molecule has 3 rings (SSSR count). The molecule has 2 heterocycles. The third kappa shape index (κ3) is 3.48. The predicted octanol–water partition coefficient (Wildman–Crippen LogP) is 1.80. The highest BCUT2D eigenvalue weighted by Gasteiger charge is 2.28. The first kappa shape index (κ1) is 16.6. The molecule has 0 spiro atoms. The van der Waals surface area contributed by atoms with E-state index in [9.17, 15) is 13.2 Å². The van der Waals surface area contributed by atoms with Crippen LogP contribution in [0, 0.1) is 6.92 Å². The Balaban J connectivity index is 1.74. The van der Waals surface area contributed by atoms with Gasteiger partial charge in [-0.15, -0.1) is 0 Å². The van der Waals surface area contributed by atoms with Crippen molar-refractivity contribution in [3.8, 4) is 0 Å². The molecular weight excluding hydrogens is 330 g/mol. The summed E-state index contributed by atoms with van der Waals surface area (Å²) in [5, 5.41) is 3.95. The predicted molar refractivity (Wildman–Crippen MR) is 86.5 cm³/mol. The Morgan fingerprint density at radius 2 is 2.00 bits per heavy atom. The van der Waals surface area contributed by atoms with Gasteiger partial charge in [0.15, 0.2) is 15.7 Å². The van der Waals surface area contributed by atoms with E-state index in [4.69, 9.17) is 4.52 Å². The van der Waals surface area contributed by atoms with Crippen LogP contribution in [0.5, 0.6) is 0 Å². The van der Waals surface area contributed by atoms with Crippen LogP contribution in [0.2, 0.25) is 0 Å². The zero-order valence-electron chi connectivity index (χ0n) is 13.6. The molecule has 1 aromatic heterocycles. The SMILES string of the molecule is Cc1nc(C2CCCN(C(=O)c3ccc(S(C)(=O)=O)cc3)C2)no1. The third-order valence-electron chi connectivity index (χ3n) is 4.15. The molecule has 0 bridgehead atoms. The molecule has 1 aliphatic heterocycles. The molecule has 128 valence electrons. The van der Waals surface area contributed by atoms with Crippen molar-refractivity contribution in [3.05, 3.63) is 41.5 Å². The number of nitrogens with zero attached hydrogens (tertiary/aromatic N) is 3.